The summed E-state index contributed by atoms with van der Waals surface area (Å²) in [5, 5.41) is 3.17. The van der Waals surface area contributed by atoms with Gasteiger partial charge in [-0.25, -0.2) is 0 Å². The Hall–Kier alpha value is -2.14. The fraction of sp³-hybridized carbons (Fsp3) is 0.333. The van der Waals surface area contributed by atoms with E-state index in [1.807, 2.05) is 0 Å². The third-order valence-electron chi connectivity index (χ3n) is 3.18. The highest BCUT2D eigenvalue weighted by atomic mass is 16.5. The number of piperazine rings is 1. The SMILES string of the molecule is COc1ccccc1C(=O)/C=C/C(=O)N1CCNCC1. The molecule has 1 fully saturated rings. The van der Waals surface area contributed by atoms with E-state index < -0.39 is 0 Å². The van der Waals surface area contributed by atoms with Gasteiger partial charge in [-0.3, -0.25) is 9.59 Å². The van der Waals surface area contributed by atoms with Crippen LogP contribution in [0.3, 0.4) is 0 Å². The number of amides is 1. The highest BCUT2D eigenvalue weighted by Gasteiger charge is 2.14. The number of rotatable bonds is 4. The first kappa shape index (κ1) is 14.3. The lowest BCUT2D eigenvalue weighted by atomic mass is 10.1. The maximum atomic E-state index is 12.1. The molecule has 0 aliphatic carbocycles. The molecule has 1 aliphatic rings. The number of nitrogens with zero attached hydrogens (tertiary/aromatic N) is 1. The summed E-state index contributed by atoms with van der Waals surface area (Å²) in [5.41, 5.74) is 0.458. The van der Waals surface area contributed by atoms with E-state index in [2.05, 4.69) is 5.32 Å². The molecule has 0 saturated carbocycles. The molecule has 5 heteroatoms. The third-order valence-corrected chi connectivity index (χ3v) is 3.18. The van der Waals surface area contributed by atoms with Crippen molar-refractivity contribution in [2.75, 3.05) is 33.3 Å². The van der Waals surface area contributed by atoms with Crippen molar-refractivity contribution < 1.29 is 14.3 Å². The van der Waals surface area contributed by atoms with Crippen LogP contribution in [-0.4, -0.2) is 49.9 Å². The lowest BCUT2D eigenvalue weighted by Gasteiger charge is -2.26. The van der Waals surface area contributed by atoms with E-state index in [1.54, 1.807) is 29.2 Å². The molecule has 20 heavy (non-hydrogen) atoms. The number of carbonyl (C=O) groups excluding carboxylic acids is 2. The van der Waals surface area contributed by atoms with Crippen LogP contribution in [0.1, 0.15) is 10.4 Å². The second-order valence-corrected chi connectivity index (χ2v) is 4.47. The molecule has 2 rings (SSSR count). The van der Waals surface area contributed by atoms with Gasteiger partial charge in [0, 0.05) is 32.3 Å². The van der Waals surface area contributed by atoms with Gasteiger partial charge in [-0.2, -0.15) is 0 Å². The summed E-state index contributed by atoms with van der Waals surface area (Å²) in [4.78, 5) is 25.7. The first-order valence-corrected chi connectivity index (χ1v) is 6.57. The minimum Gasteiger partial charge on any atom is -0.496 e. The molecule has 0 unspecified atom stereocenters. The molecule has 1 aromatic carbocycles. The number of hydrogen-bond acceptors (Lipinski definition) is 4. The van der Waals surface area contributed by atoms with Crippen molar-refractivity contribution in [2.24, 2.45) is 0 Å². The zero-order valence-corrected chi connectivity index (χ0v) is 11.5. The van der Waals surface area contributed by atoms with Crippen molar-refractivity contribution in [3.63, 3.8) is 0 Å². The largest absolute Gasteiger partial charge is 0.496 e. The summed E-state index contributed by atoms with van der Waals surface area (Å²) in [6.45, 7) is 2.93. The van der Waals surface area contributed by atoms with Gasteiger partial charge >= 0.3 is 0 Å². The number of allylic oxidation sites excluding steroid dienone is 1. The molecule has 0 aromatic heterocycles. The van der Waals surface area contributed by atoms with E-state index in [1.165, 1.54) is 19.3 Å². The summed E-state index contributed by atoms with van der Waals surface area (Å²) in [6.07, 6.45) is 2.64. The van der Waals surface area contributed by atoms with Crippen LogP contribution in [0, 0.1) is 0 Å². The van der Waals surface area contributed by atoms with Crippen molar-refractivity contribution in [2.45, 2.75) is 0 Å². The molecule has 0 atom stereocenters. The van der Waals surface area contributed by atoms with Crippen molar-refractivity contribution in [3.8, 4) is 5.75 Å². The first-order valence-electron chi connectivity index (χ1n) is 6.57. The fourth-order valence-electron chi connectivity index (χ4n) is 2.08. The number of para-hydroxylation sites is 1. The maximum Gasteiger partial charge on any atom is 0.246 e. The smallest absolute Gasteiger partial charge is 0.246 e. The summed E-state index contributed by atoms with van der Waals surface area (Å²) in [7, 11) is 1.52. The van der Waals surface area contributed by atoms with E-state index in [4.69, 9.17) is 4.74 Å². The van der Waals surface area contributed by atoms with E-state index in [0.717, 1.165) is 13.1 Å². The molecular weight excluding hydrogens is 256 g/mol. The summed E-state index contributed by atoms with van der Waals surface area (Å²) < 4.78 is 5.13. The maximum absolute atomic E-state index is 12.1. The molecule has 106 valence electrons. The zero-order chi connectivity index (χ0) is 14.4. The van der Waals surface area contributed by atoms with Crippen LogP contribution in [0.5, 0.6) is 5.75 Å². The average Bonchev–Trinajstić information content (AvgIpc) is 2.53. The highest BCUT2D eigenvalue weighted by Crippen LogP contribution is 2.18. The summed E-state index contributed by atoms with van der Waals surface area (Å²) in [6, 6.07) is 6.97. The number of ketones is 1. The summed E-state index contributed by atoms with van der Waals surface area (Å²) in [5.74, 6) is 0.150. The Balaban J connectivity index is 2.03. The standard InChI is InChI=1S/C15H18N2O3/c1-20-14-5-3-2-4-12(14)13(18)6-7-15(19)17-10-8-16-9-11-17/h2-7,16H,8-11H2,1H3/b7-6+. The number of benzene rings is 1. The number of hydrogen-bond donors (Lipinski definition) is 1. The van der Waals surface area contributed by atoms with Crippen molar-refractivity contribution in [3.05, 3.63) is 42.0 Å². The van der Waals surface area contributed by atoms with Crippen molar-refractivity contribution >= 4 is 11.7 Å². The van der Waals surface area contributed by atoms with Crippen LogP contribution in [0.25, 0.3) is 0 Å². The monoisotopic (exact) mass is 274 g/mol. The van der Waals surface area contributed by atoms with Crippen LogP contribution in [0.2, 0.25) is 0 Å². The Labute approximate surface area is 118 Å². The molecule has 0 radical (unpaired) electrons. The zero-order valence-electron chi connectivity index (χ0n) is 11.5. The van der Waals surface area contributed by atoms with E-state index in [9.17, 15) is 9.59 Å². The van der Waals surface area contributed by atoms with Crippen LogP contribution in [0.15, 0.2) is 36.4 Å². The van der Waals surface area contributed by atoms with Crippen LogP contribution >= 0.6 is 0 Å². The second-order valence-electron chi connectivity index (χ2n) is 4.47. The lowest BCUT2D eigenvalue weighted by molar-refractivity contribution is -0.126. The van der Waals surface area contributed by atoms with E-state index in [-0.39, 0.29) is 11.7 Å². The van der Waals surface area contributed by atoms with Gasteiger partial charge < -0.3 is 15.0 Å². The Bertz CT molecular complexity index is 520. The van der Waals surface area contributed by atoms with Gasteiger partial charge in [-0.15, -0.1) is 0 Å². The van der Waals surface area contributed by atoms with Gasteiger partial charge in [0.05, 0.1) is 12.7 Å². The Morgan fingerprint density at radius 1 is 1.20 bits per heavy atom. The van der Waals surface area contributed by atoms with Gasteiger partial charge in [0.15, 0.2) is 5.78 Å². The van der Waals surface area contributed by atoms with Gasteiger partial charge in [0.1, 0.15) is 5.75 Å². The molecular formula is C15H18N2O3. The van der Waals surface area contributed by atoms with Crippen LogP contribution < -0.4 is 10.1 Å². The Kier molecular flexibility index (Phi) is 4.90. The van der Waals surface area contributed by atoms with Gasteiger partial charge in [-0.1, -0.05) is 12.1 Å². The normalized spacial score (nSPS) is 15.3. The highest BCUT2D eigenvalue weighted by molar-refractivity contribution is 6.09. The quantitative estimate of drug-likeness (QED) is 0.653. The molecule has 0 spiro atoms. The second kappa shape index (κ2) is 6.86. The minimum atomic E-state index is -0.231. The van der Waals surface area contributed by atoms with Gasteiger partial charge in [0.2, 0.25) is 5.91 Å². The summed E-state index contributed by atoms with van der Waals surface area (Å²) >= 11 is 0. The van der Waals surface area contributed by atoms with Crippen molar-refractivity contribution in [1.82, 2.24) is 10.2 Å². The number of nitrogens with one attached hydrogen (secondary N) is 1. The Morgan fingerprint density at radius 3 is 2.60 bits per heavy atom. The molecule has 1 amide bonds. The number of ether oxygens (including phenoxy) is 1. The van der Waals surface area contributed by atoms with E-state index >= 15 is 0 Å². The molecule has 1 aromatic rings. The first-order chi connectivity index (χ1) is 9.72. The minimum absolute atomic E-state index is 0.130. The molecule has 0 bridgehead atoms. The van der Waals surface area contributed by atoms with Crippen molar-refractivity contribution in [1.29, 1.82) is 0 Å². The average molecular weight is 274 g/mol. The predicted octanol–water partition coefficient (Wildman–Crippen LogP) is 0.866. The number of carbonyl (C=O) groups is 2. The molecule has 1 N–H and O–H groups in total. The topological polar surface area (TPSA) is 58.6 Å². The predicted molar refractivity (Wildman–Crippen MR) is 75.9 cm³/mol. The van der Waals surface area contributed by atoms with Crippen LogP contribution in [0.4, 0.5) is 0 Å². The van der Waals surface area contributed by atoms with Gasteiger partial charge in [0.25, 0.3) is 0 Å². The molecule has 1 heterocycles. The molecule has 1 aliphatic heterocycles. The molecule has 5 nitrogen and oxygen atoms in total. The Morgan fingerprint density at radius 2 is 1.90 bits per heavy atom. The lowest BCUT2D eigenvalue weighted by Crippen LogP contribution is -2.45. The third kappa shape index (κ3) is 3.45. The van der Waals surface area contributed by atoms with Gasteiger partial charge in [-0.05, 0) is 18.2 Å². The van der Waals surface area contributed by atoms with E-state index in [0.29, 0.717) is 24.4 Å². The van der Waals surface area contributed by atoms with Crippen LogP contribution in [-0.2, 0) is 4.79 Å². The molecule has 1 saturated heterocycles. The number of methoxy groups -OCH3 is 1. The fourth-order valence-corrected chi connectivity index (χ4v) is 2.08.